The molecule has 35 heavy (non-hydrogen) atoms. The van der Waals surface area contributed by atoms with Gasteiger partial charge in [-0.05, 0) is 49.4 Å². The first-order valence-corrected chi connectivity index (χ1v) is 12.2. The van der Waals surface area contributed by atoms with Crippen molar-refractivity contribution in [3.8, 4) is 0 Å². The molecule has 3 aromatic rings. The fraction of sp³-hybridized carbons (Fsp3) is 0.231. The molecular weight excluding hydrogens is 470 g/mol. The number of hydrogen-bond acceptors (Lipinski definition) is 5. The van der Waals surface area contributed by atoms with E-state index in [0.717, 1.165) is 18.4 Å². The lowest BCUT2D eigenvalue weighted by molar-refractivity contribution is -0.139. The van der Waals surface area contributed by atoms with E-state index >= 15 is 0 Å². The maximum absolute atomic E-state index is 10.5. The van der Waals surface area contributed by atoms with Crippen molar-refractivity contribution < 1.29 is 32.8 Å². The summed E-state index contributed by atoms with van der Waals surface area (Å²) in [5, 5.41) is 16.3. The van der Waals surface area contributed by atoms with Crippen LogP contribution in [0, 0.1) is 6.92 Å². The van der Waals surface area contributed by atoms with Gasteiger partial charge >= 0.3 is 11.9 Å². The van der Waals surface area contributed by atoms with E-state index in [1.807, 2.05) is 6.92 Å². The molecule has 0 saturated carbocycles. The SMILES string of the molecule is Cc1ccc(S(=O)(=O)O)cc1.N[C@@H](CCC(=O)O)C(=O)O.c1ccc(CCc2ccccc2)cc1. The Morgan fingerprint density at radius 1 is 0.800 bits per heavy atom. The molecule has 5 N–H and O–H groups in total. The van der Waals surface area contributed by atoms with E-state index in [4.69, 9.17) is 20.5 Å². The summed E-state index contributed by atoms with van der Waals surface area (Å²) in [6.45, 7) is 1.84. The number of benzene rings is 3. The van der Waals surface area contributed by atoms with Gasteiger partial charge in [0.15, 0.2) is 0 Å². The van der Waals surface area contributed by atoms with Crippen LogP contribution in [0.2, 0.25) is 0 Å². The smallest absolute Gasteiger partial charge is 0.320 e. The number of aryl methyl sites for hydroxylation is 3. The first-order valence-electron chi connectivity index (χ1n) is 10.8. The third-order valence-electron chi connectivity index (χ3n) is 4.69. The molecular formula is C26H31NO7S. The Bertz CT molecular complexity index is 1090. The van der Waals surface area contributed by atoms with Crippen molar-refractivity contribution in [2.45, 2.75) is 43.5 Å². The minimum atomic E-state index is -4.02. The van der Waals surface area contributed by atoms with Crippen LogP contribution >= 0.6 is 0 Å². The Hall–Kier alpha value is -3.53. The zero-order valence-electron chi connectivity index (χ0n) is 19.4. The standard InChI is InChI=1S/C14H14.C7H8O3S.C5H9NO4/c1-3-7-13(8-4-1)11-12-14-9-5-2-6-10-14;1-6-2-4-7(5-3-6)11(8,9)10;6-3(5(9)10)1-2-4(7)8/h1-10H,11-12H2;2-5H,1H3,(H,8,9,10);3H,1-2,6H2,(H,7,8)(H,9,10)/t;;3-/m..0/s1. The van der Waals surface area contributed by atoms with Crippen molar-refractivity contribution in [3.63, 3.8) is 0 Å². The van der Waals surface area contributed by atoms with E-state index in [1.54, 1.807) is 12.1 Å². The van der Waals surface area contributed by atoms with E-state index in [1.165, 1.54) is 23.3 Å². The summed E-state index contributed by atoms with van der Waals surface area (Å²) in [6, 6.07) is 26.2. The van der Waals surface area contributed by atoms with Gasteiger partial charge in [-0.25, -0.2) is 0 Å². The summed E-state index contributed by atoms with van der Waals surface area (Å²) in [4.78, 5) is 19.8. The molecule has 0 fully saturated rings. The van der Waals surface area contributed by atoms with Crippen LogP contribution in [0.25, 0.3) is 0 Å². The van der Waals surface area contributed by atoms with Crippen molar-refractivity contribution in [2.24, 2.45) is 5.73 Å². The highest BCUT2D eigenvalue weighted by Crippen LogP contribution is 2.08. The zero-order chi connectivity index (χ0) is 26.3. The van der Waals surface area contributed by atoms with Crippen molar-refractivity contribution in [2.75, 3.05) is 0 Å². The van der Waals surface area contributed by atoms with Gasteiger partial charge in [-0.15, -0.1) is 0 Å². The predicted octanol–water partition coefficient (Wildman–Crippen LogP) is 3.98. The Morgan fingerprint density at radius 3 is 1.57 bits per heavy atom. The number of carbonyl (C=O) groups is 2. The first-order chi connectivity index (χ1) is 16.5. The second kappa shape index (κ2) is 15.4. The number of carboxylic acids is 2. The van der Waals surface area contributed by atoms with Gasteiger partial charge in [-0.2, -0.15) is 8.42 Å². The van der Waals surface area contributed by atoms with Gasteiger partial charge in [0, 0.05) is 6.42 Å². The third kappa shape index (κ3) is 13.7. The van der Waals surface area contributed by atoms with Crippen molar-refractivity contribution in [3.05, 3.63) is 102 Å². The minimum absolute atomic E-state index is 0.0231. The van der Waals surface area contributed by atoms with Gasteiger partial charge in [-0.1, -0.05) is 78.4 Å². The minimum Gasteiger partial charge on any atom is -0.481 e. The first kappa shape index (κ1) is 29.5. The summed E-state index contributed by atoms with van der Waals surface area (Å²) in [7, 11) is -4.02. The summed E-state index contributed by atoms with van der Waals surface area (Å²) in [6.07, 6.45) is 2.04. The number of aliphatic carboxylic acids is 2. The van der Waals surface area contributed by atoms with Crippen molar-refractivity contribution >= 4 is 22.1 Å². The molecule has 0 aliphatic carbocycles. The molecule has 188 valence electrons. The van der Waals surface area contributed by atoms with E-state index in [0.29, 0.717) is 0 Å². The van der Waals surface area contributed by atoms with E-state index in [9.17, 15) is 18.0 Å². The fourth-order valence-corrected chi connectivity index (χ4v) is 3.17. The largest absolute Gasteiger partial charge is 0.481 e. The van der Waals surface area contributed by atoms with Gasteiger partial charge in [0.2, 0.25) is 0 Å². The van der Waals surface area contributed by atoms with Crippen LogP contribution in [-0.4, -0.2) is 41.2 Å². The predicted molar refractivity (Wildman–Crippen MR) is 134 cm³/mol. The molecule has 0 unspecified atom stereocenters. The maximum atomic E-state index is 10.5. The molecule has 3 aromatic carbocycles. The van der Waals surface area contributed by atoms with E-state index in [-0.39, 0.29) is 17.7 Å². The highest BCUT2D eigenvalue weighted by molar-refractivity contribution is 7.85. The van der Waals surface area contributed by atoms with Gasteiger partial charge in [0.25, 0.3) is 10.1 Å². The Kier molecular flexibility index (Phi) is 13.0. The Morgan fingerprint density at radius 2 is 1.23 bits per heavy atom. The molecule has 0 saturated heterocycles. The van der Waals surface area contributed by atoms with E-state index in [2.05, 4.69) is 60.7 Å². The monoisotopic (exact) mass is 501 g/mol. The lowest BCUT2D eigenvalue weighted by Gasteiger charge is -2.01. The number of hydrogen-bond donors (Lipinski definition) is 4. The highest BCUT2D eigenvalue weighted by Gasteiger charge is 2.12. The summed E-state index contributed by atoms with van der Waals surface area (Å²) < 4.78 is 29.6. The van der Waals surface area contributed by atoms with Crippen molar-refractivity contribution in [1.82, 2.24) is 0 Å². The van der Waals surface area contributed by atoms with Crippen LogP contribution < -0.4 is 5.73 Å². The Balaban J connectivity index is 0.000000268. The molecule has 3 rings (SSSR count). The van der Waals surface area contributed by atoms with Crippen LogP contribution in [0.3, 0.4) is 0 Å². The van der Waals surface area contributed by atoms with Crippen LogP contribution in [0.1, 0.15) is 29.5 Å². The summed E-state index contributed by atoms with van der Waals surface area (Å²) in [5.74, 6) is -2.20. The average Bonchev–Trinajstić information content (AvgIpc) is 2.83. The number of rotatable bonds is 8. The quantitative estimate of drug-likeness (QED) is 0.338. The van der Waals surface area contributed by atoms with E-state index < -0.39 is 28.1 Å². The number of carboxylic acid groups (broad SMARTS) is 2. The molecule has 9 heteroatoms. The van der Waals surface area contributed by atoms with Crippen LogP contribution in [0.5, 0.6) is 0 Å². The average molecular weight is 502 g/mol. The van der Waals surface area contributed by atoms with Gasteiger partial charge in [-0.3, -0.25) is 14.1 Å². The molecule has 0 spiro atoms. The van der Waals surface area contributed by atoms with Gasteiger partial charge in [0.1, 0.15) is 6.04 Å². The summed E-state index contributed by atoms with van der Waals surface area (Å²) in [5.41, 5.74) is 8.78. The molecule has 0 aliphatic heterocycles. The molecule has 8 nitrogen and oxygen atoms in total. The highest BCUT2D eigenvalue weighted by atomic mass is 32.2. The van der Waals surface area contributed by atoms with Gasteiger partial charge in [0.05, 0.1) is 4.90 Å². The molecule has 1 atom stereocenters. The molecule has 0 aromatic heterocycles. The van der Waals surface area contributed by atoms with Crippen LogP contribution in [0.15, 0.2) is 89.8 Å². The van der Waals surface area contributed by atoms with Crippen molar-refractivity contribution in [1.29, 1.82) is 0 Å². The second-order valence-electron chi connectivity index (χ2n) is 7.64. The molecule has 0 amide bonds. The molecule has 0 radical (unpaired) electrons. The molecule has 0 heterocycles. The third-order valence-corrected chi connectivity index (χ3v) is 5.56. The topological polar surface area (TPSA) is 155 Å². The molecule has 0 aliphatic rings. The lowest BCUT2D eigenvalue weighted by Crippen LogP contribution is -2.30. The maximum Gasteiger partial charge on any atom is 0.320 e. The number of nitrogens with two attached hydrogens (primary N) is 1. The zero-order valence-corrected chi connectivity index (χ0v) is 20.3. The normalized spacial score (nSPS) is 11.2. The molecule has 0 bridgehead atoms. The lowest BCUT2D eigenvalue weighted by atomic mass is 10.0. The second-order valence-corrected chi connectivity index (χ2v) is 9.06. The van der Waals surface area contributed by atoms with Crippen LogP contribution in [0.4, 0.5) is 0 Å². The van der Waals surface area contributed by atoms with Crippen LogP contribution in [-0.2, 0) is 32.5 Å². The van der Waals surface area contributed by atoms with Gasteiger partial charge < -0.3 is 15.9 Å². The Labute approximate surface area is 205 Å². The fourth-order valence-electron chi connectivity index (χ4n) is 2.69. The summed E-state index contributed by atoms with van der Waals surface area (Å²) >= 11 is 0.